The minimum Gasteiger partial charge on any atom is -0.490 e. The van der Waals surface area contributed by atoms with E-state index >= 15 is 0 Å². The summed E-state index contributed by atoms with van der Waals surface area (Å²) in [7, 11) is 0. The predicted octanol–water partition coefficient (Wildman–Crippen LogP) is 8.39. The minimum atomic E-state index is -0.0289. The van der Waals surface area contributed by atoms with E-state index in [2.05, 4.69) is 44.2 Å². The fraction of sp³-hybridized carbons (Fsp3) is 0.235. The van der Waals surface area contributed by atoms with E-state index < -0.39 is 0 Å². The van der Waals surface area contributed by atoms with Crippen molar-refractivity contribution in [2.24, 2.45) is 10.9 Å². The van der Waals surface area contributed by atoms with Crippen LogP contribution in [0, 0.1) is 12.8 Å². The number of hydrogen-bond donors (Lipinski definition) is 0. The Morgan fingerprint density at radius 3 is 2.48 bits per heavy atom. The quantitative estimate of drug-likeness (QED) is 0.196. The molecule has 204 valence electrons. The number of thioether (sulfide) groups is 1. The molecule has 1 amide bonds. The van der Waals surface area contributed by atoms with Crippen LogP contribution >= 0.6 is 11.8 Å². The highest BCUT2D eigenvalue weighted by molar-refractivity contribution is 8.18. The van der Waals surface area contributed by atoms with Crippen molar-refractivity contribution in [1.29, 1.82) is 0 Å². The molecule has 0 unspecified atom stereocenters. The Morgan fingerprint density at radius 1 is 0.925 bits per heavy atom. The van der Waals surface area contributed by atoms with Crippen LogP contribution in [0.15, 0.2) is 94.8 Å². The average molecular weight is 551 g/mol. The summed E-state index contributed by atoms with van der Waals surface area (Å²) in [5, 5.41) is 3.06. The summed E-state index contributed by atoms with van der Waals surface area (Å²) in [6, 6.07) is 28.4. The highest BCUT2D eigenvalue weighted by Gasteiger charge is 2.33. The zero-order chi connectivity index (χ0) is 28.1. The first-order valence-electron chi connectivity index (χ1n) is 13.6. The second-order valence-corrected chi connectivity index (χ2v) is 11.2. The molecule has 1 fully saturated rings. The summed E-state index contributed by atoms with van der Waals surface area (Å²) >= 11 is 1.41. The van der Waals surface area contributed by atoms with Crippen LogP contribution in [0.2, 0.25) is 0 Å². The predicted molar refractivity (Wildman–Crippen MR) is 166 cm³/mol. The summed E-state index contributed by atoms with van der Waals surface area (Å²) in [5.74, 6) is 1.61. The zero-order valence-corrected chi connectivity index (χ0v) is 24.2. The molecule has 0 aromatic heterocycles. The van der Waals surface area contributed by atoms with E-state index in [1.807, 2.05) is 74.5 Å². The van der Waals surface area contributed by atoms with Crippen molar-refractivity contribution in [3.63, 3.8) is 0 Å². The first-order valence-corrected chi connectivity index (χ1v) is 14.5. The smallest absolute Gasteiger partial charge is 0.266 e. The number of aryl methyl sites for hydroxylation is 1. The molecule has 0 radical (unpaired) electrons. The van der Waals surface area contributed by atoms with Crippen molar-refractivity contribution in [3.8, 4) is 11.5 Å². The minimum absolute atomic E-state index is 0.0289. The highest BCUT2D eigenvalue weighted by Crippen LogP contribution is 2.37. The maximum absolute atomic E-state index is 13.4. The lowest BCUT2D eigenvalue weighted by atomic mass is 10.1. The molecule has 0 bridgehead atoms. The van der Waals surface area contributed by atoms with Gasteiger partial charge in [-0.25, -0.2) is 4.99 Å². The number of fused-ring (bicyclic) bond motifs is 1. The molecule has 40 heavy (non-hydrogen) atoms. The van der Waals surface area contributed by atoms with Crippen LogP contribution < -0.4 is 9.47 Å². The number of amides is 1. The Bertz CT molecular complexity index is 1570. The average Bonchev–Trinajstić information content (AvgIpc) is 3.22. The summed E-state index contributed by atoms with van der Waals surface area (Å²) in [6.07, 6.45) is 1.91. The van der Waals surface area contributed by atoms with Crippen LogP contribution in [0.25, 0.3) is 16.8 Å². The van der Waals surface area contributed by atoms with E-state index in [1.54, 1.807) is 4.90 Å². The van der Waals surface area contributed by atoms with Crippen LogP contribution in [0.4, 0.5) is 5.69 Å². The van der Waals surface area contributed by atoms with Gasteiger partial charge in [0.25, 0.3) is 5.91 Å². The Hall–Kier alpha value is -4.03. The molecule has 0 atom stereocenters. The van der Waals surface area contributed by atoms with Crippen LogP contribution in [0.3, 0.4) is 0 Å². The third-order valence-corrected chi connectivity index (χ3v) is 7.53. The van der Waals surface area contributed by atoms with Crippen molar-refractivity contribution >= 4 is 45.4 Å². The van der Waals surface area contributed by atoms with Crippen molar-refractivity contribution < 1.29 is 14.3 Å². The van der Waals surface area contributed by atoms with E-state index in [0.717, 1.165) is 16.8 Å². The fourth-order valence-electron chi connectivity index (χ4n) is 4.57. The maximum atomic E-state index is 13.4. The largest absolute Gasteiger partial charge is 0.490 e. The molecule has 4 aromatic carbocycles. The molecule has 0 saturated carbocycles. The number of rotatable bonds is 9. The zero-order valence-electron chi connectivity index (χ0n) is 23.4. The molecule has 0 aliphatic carbocycles. The standard InChI is InChI=1S/C34H34N2O3S/c1-5-38-31-19-25(15-18-30(31)39-22-27-11-8-10-26-9-6-7-12-29(26)27)20-32-33(37)36(21-23(2)3)34(40-32)35-28-16-13-24(4)14-17-28/h6-20,23H,5,21-22H2,1-4H3/b32-20+,35-34?. The van der Waals surface area contributed by atoms with E-state index in [-0.39, 0.29) is 5.91 Å². The number of benzene rings is 4. The van der Waals surface area contributed by atoms with Gasteiger partial charge in [0.2, 0.25) is 0 Å². The number of hydrogen-bond acceptors (Lipinski definition) is 5. The molecule has 1 aliphatic heterocycles. The number of carbonyl (C=O) groups is 1. The second kappa shape index (κ2) is 12.4. The Kier molecular flexibility index (Phi) is 8.56. The van der Waals surface area contributed by atoms with Gasteiger partial charge >= 0.3 is 0 Å². The van der Waals surface area contributed by atoms with Crippen LogP contribution in [0.5, 0.6) is 11.5 Å². The van der Waals surface area contributed by atoms with Gasteiger partial charge in [0.15, 0.2) is 16.7 Å². The van der Waals surface area contributed by atoms with Gasteiger partial charge in [-0.2, -0.15) is 0 Å². The van der Waals surface area contributed by atoms with E-state index in [1.165, 1.54) is 28.1 Å². The van der Waals surface area contributed by atoms with Crippen LogP contribution in [-0.2, 0) is 11.4 Å². The van der Waals surface area contributed by atoms with Crippen LogP contribution in [0.1, 0.15) is 37.5 Å². The van der Waals surface area contributed by atoms with Gasteiger partial charge in [-0.05, 0) is 83.8 Å². The van der Waals surface area contributed by atoms with Crippen molar-refractivity contribution in [1.82, 2.24) is 4.90 Å². The number of ether oxygens (including phenoxy) is 2. The number of nitrogens with zero attached hydrogens (tertiary/aromatic N) is 2. The first-order chi connectivity index (χ1) is 19.4. The molecule has 5 rings (SSSR count). The first kappa shape index (κ1) is 27.5. The van der Waals surface area contributed by atoms with Gasteiger partial charge < -0.3 is 9.47 Å². The molecular weight excluding hydrogens is 516 g/mol. The molecule has 4 aromatic rings. The van der Waals surface area contributed by atoms with Crippen LogP contribution in [-0.4, -0.2) is 29.1 Å². The van der Waals surface area contributed by atoms with Gasteiger partial charge in [0, 0.05) is 6.54 Å². The lowest BCUT2D eigenvalue weighted by Crippen LogP contribution is -2.32. The summed E-state index contributed by atoms with van der Waals surface area (Å²) in [4.78, 5) is 20.7. The van der Waals surface area contributed by atoms with Crippen molar-refractivity contribution in [2.75, 3.05) is 13.2 Å². The Balaban J connectivity index is 1.40. The molecule has 1 saturated heterocycles. The molecule has 0 N–H and O–H groups in total. The van der Waals surface area contributed by atoms with E-state index in [4.69, 9.17) is 14.5 Å². The molecule has 1 aliphatic rings. The molecular formula is C34H34N2O3S. The number of aliphatic imine (C=N–C) groups is 1. The molecule has 6 heteroatoms. The van der Waals surface area contributed by atoms with E-state index in [9.17, 15) is 4.79 Å². The van der Waals surface area contributed by atoms with Gasteiger partial charge in [-0.15, -0.1) is 0 Å². The summed E-state index contributed by atoms with van der Waals surface area (Å²) in [6.45, 7) is 9.76. The molecule has 0 spiro atoms. The highest BCUT2D eigenvalue weighted by atomic mass is 32.2. The molecule has 1 heterocycles. The summed E-state index contributed by atoms with van der Waals surface area (Å²) in [5.41, 5.74) is 4.00. The van der Waals surface area contributed by atoms with Gasteiger partial charge in [0.05, 0.1) is 17.2 Å². The maximum Gasteiger partial charge on any atom is 0.266 e. The molecule has 5 nitrogen and oxygen atoms in total. The number of amidine groups is 1. The second-order valence-electron chi connectivity index (χ2n) is 10.2. The lowest BCUT2D eigenvalue weighted by Gasteiger charge is -2.17. The summed E-state index contributed by atoms with van der Waals surface area (Å²) < 4.78 is 12.2. The fourth-order valence-corrected chi connectivity index (χ4v) is 5.58. The topological polar surface area (TPSA) is 51.1 Å². The van der Waals surface area contributed by atoms with Crippen molar-refractivity contribution in [2.45, 2.75) is 34.3 Å². The third kappa shape index (κ3) is 6.40. The van der Waals surface area contributed by atoms with Crippen molar-refractivity contribution in [3.05, 3.63) is 107 Å². The SMILES string of the molecule is CCOc1cc(/C=C2/SC(=Nc3ccc(C)cc3)N(CC(C)C)C2=O)ccc1OCc1cccc2ccccc12. The normalized spacial score (nSPS) is 15.5. The monoisotopic (exact) mass is 550 g/mol. The Morgan fingerprint density at radius 2 is 1.70 bits per heavy atom. The lowest BCUT2D eigenvalue weighted by molar-refractivity contribution is -0.122. The third-order valence-electron chi connectivity index (χ3n) is 6.52. The number of carbonyl (C=O) groups excluding carboxylic acids is 1. The Labute approximate surface area is 240 Å². The van der Waals surface area contributed by atoms with Gasteiger partial charge in [0.1, 0.15) is 6.61 Å². The van der Waals surface area contributed by atoms with Gasteiger partial charge in [-0.1, -0.05) is 80.1 Å². The van der Waals surface area contributed by atoms with E-state index in [0.29, 0.717) is 47.2 Å². The van der Waals surface area contributed by atoms with Gasteiger partial charge in [-0.3, -0.25) is 9.69 Å².